The fourth-order valence-electron chi connectivity index (χ4n) is 3.04. The molecule has 1 atom stereocenters. The maximum atomic E-state index is 12.2. The summed E-state index contributed by atoms with van der Waals surface area (Å²) in [5.41, 5.74) is 2.98. The topological polar surface area (TPSA) is 61.8 Å². The van der Waals surface area contributed by atoms with E-state index in [-0.39, 0.29) is 5.75 Å². The lowest BCUT2D eigenvalue weighted by Gasteiger charge is -2.27. The van der Waals surface area contributed by atoms with Crippen molar-refractivity contribution in [2.24, 2.45) is 0 Å². The van der Waals surface area contributed by atoms with E-state index < -0.39 is 18.6 Å². The Labute approximate surface area is 148 Å². The van der Waals surface area contributed by atoms with Crippen LogP contribution in [0.1, 0.15) is 16.7 Å². The van der Waals surface area contributed by atoms with E-state index >= 15 is 0 Å². The number of fused-ring (bicyclic) bond motifs is 1. The zero-order chi connectivity index (χ0) is 18.7. The van der Waals surface area contributed by atoms with Crippen molar-refractivity contribution in [3.63, 3.8) is 0 Å². The second kappa shape index (κ2) is 7.25. The van der Waals surface area contributed by atoms with Crippen LogP contribution in [0.4, 0.5) is 18.0 Å². The summed E-state index contributed by atoms with van der Waals surface area (Å²) in [4.78, 5) is 13.1. The van der Waals surface area contributed by atoms with Crippen molar-refractivity contribution in [1.29, 1.82) is 0 Å². The van der Waals surface area contributed by atoms with Crippen molar-refractivity contribution in [2.45, 2.75) is 32.0 Å². The van der Waals surface area contributed by atoms with Crippen molar-refractivity contribution in [1.82, 2.24) is 10.2 Å². The Hall–Kier alpha value is -2.74. The molecule has 2 N–H and O–H groups in total. The maximum Gasteiger partial charge on any atom is 0.573 e. The molecule has 0 radical (unpaired) electrons. The van der Waals surface area contributed by atoms with Gasteiger partial charge in [0, 0.05) is 19.5 Å². The Morgan fingerprint density at radius 2 is 1.69 bits per heavy atom. The minimum Gasteiger partial charge on any atom is -0.465 e. The number of halogens is 3. The van der Waals surface area contributed by atoms with Gasteiger partial charge in [0.1, 0.15) is 5.75 Å². The van der Waals surface area contributed by atoms with Crippen LogP contribution < -0.4 is 10.1 Å². The largest absolute Gasteiger partial charge is 0.573 e. The van der Waals surface area contributed by atoms with Gasteiger partial charge in [0.15, 0.2) is 0 Å². The quantitative estimate of drug-likeness (QED) is 0.846. The molecule has 26 heavy (non-hydrogen) atoms. The van der Waals surface area contributed by atoms with Crippen molar-refractivity contribution in [3.8, 4) is 5.75 Å². The molecular formula is C18H17F3N2O3. The molecule has 5 nitrogen and oxygen atoms in total. The summed E-state index contributed by atoms with van der Waals surface area (Å²) in [5.74, 6) is -0.308. The highest BCUT2D eigenvalue weighted by molar-refractivity contribution is 5.64. The number of carbonyl (C=O) groups is 1. The second-order valence-corrected chi connectivity index (χ2v) is 6.03. The van der Waals surface area contributed by atoms with Crippen LogP contribution in [0, 0.1) is 0 Å². The van der Waals surface area contributed by atoms with Crippen LogP contribution in [0.15, 0.2) is 48.5 Å². The third-order valence-corrected chi connectivity index (χ3v) is 4.18. The molecule has 1 heterocycles. The monoisotopic (exact) mass is 366 g/mol. The fourth-order valence-corrected chi connectivity index (χ4v) is 3.04. The van der Waals surface area contributed by atoms with Crippen LogP contribution >= 0.6 is 0 Å². The molecule has 0 fully saturated rings. The van der Waals surface area contributed by atoms with Gasteiger partial charge in [-0.1, -0.05) is 36.4 Å². The predicted octanol–water partition coefficient (Wildman–Crippen LogP) is 3.74. The third-order valence-electron chi connectivity index (χ3n) is 4.18. The Kier molecular flexibility index (Phi) is 5.03. The number of hydrogen-bond donors (Lipinski definition) is 2. The Morgan fingerprint density at radius 3 is 2.19 bits per heavy atom. The zero-order valence-electron chi connectivity index (χ0n) is 13.7. The summed E-state index contributed by atoms with van der Waals surface area (Å²) in [6.07, 6.45) is -6.06. The van der Waals surface area contributed by atoms with E-state index in [2.05, 4.69) is 10.1 Å². The molecule has 1 aliphatic rings. The number of ether oxygens (including phenoxy) is 1. The summed E-state index contributed by atoms with van der Waals surface area (Å²) >= 11 is 0. The fraction of sp³-hybridized carbons (Fsp3) is 0.278. The number of carboxylic acid groups (broad SMARTS) is 1. The van der Waals surface area contributed by atoms with Crippen molar-refractivity contribution >= 4 is 6.09 Å². The van der Waals surface area contributed by atoms with Gasteiger partial charge >= 0.3 is 12.5 Å². The minimum atomic E-state index is -4.74. The van der Waals surface area contributed by atoms with Crippen LogP contribution in [0.2, 0.25) is 0 Å². The first-order valence-corrected chi connectivity index (χ1v) is 7.95. The lowest BCUT2D eigenvalue weighted by atomic mass is 10.1. The molecule has 0 bridgehead atoms. The molecule has 1 aliphatic heterocycles. The molecule has 3 rings (SSSR count). The Bertz CT molecular complexity index is 753. The van der Waals surface area contributed by atoms with E-state index in [1.165, 1.54) is 24.3 Å². The first-order valence-electron chi connectivity index (χ1n) is 7.95. The first kappa shape index (κ1) is 18.1. The van der Waals surface area contributed by atoms with E-state index in [9.17, 15) is 18.0 Å². The van der Waals surface area contributed by atoms with Crippen LogP contribution in [0.25, 0.3) is 0 Å². The average molecular weight is 366 g/mol. The van der Waals surface area contributed by atoms with Crippen LogP contribution in [-0.2, 0) is 19.5 Å². The molecule has 0 aromatic heterocycles. The summed E-state index contributed by atoms with van der Waals surface area (Å²) in [7, 11) is 0. The normalized spacial score (nSPS) is 15.3. The highest BCUT2D eigenvalue weighted by Gasteiger charge is 2.31. The van der Waals surface area contributed by atoms with Crippen molar-refractivity contribution in [3.05, 3.63) is 65.2 Å². The lowest BCUT2D eigenvalue weighted by molar-refractivity contribution is -0.274. The lowest BCUT2D eigenvalue weighted by Crippen LogP contribution is -2.46. The van der Waals surface area contributed by atoms with Crippen LogP contribution in [-0.4, -0.2) is 28.6 Å². The SMILES string of the molecule is O=C(O)NC(Cc1ccc(OC(F)(F)F)cc1)N1Cc2ccccc2C1. The number of nitrogens with zero attached hydrogens (tertiary/aromatic N) is 1. The molecule has 0 saturated carbocycles. The smallest absolute Gasteiger partial charge is 0.465 e. The molecular weight excluding hydrogens is 349 g/mol. The third kappa shape index (κ3) is 4.66. The van der Waals surface area contributed by atoms with Gasteiger partial charge in [-0.15, -0.1) is 13.2 Å². The second-order valence-electron chi connectivity index (χ2n) is 6.03. The van der Waals surface area contributed by atoms with Crippen molar-refractivity contribution in [2.75, 3.05) is 0 Å². The number of amides is 1. The summed E-state index contributed by atoms with van der Waals surface area (Å²) in [6.45, 7) is 1.22. The van der Waals surface area contributed by atoms with Gasteiger partial charge in [-0.3, -0.25) is 4.90 Å². The van der Waals surface area contributed by atoms with Gasteiger partial charge in [-0.05, 0) is 28.8 Å². The van der Waals surface area contributed by atoms with E-state index in [1.807, 2.05) is 29.2 Å². The number of rotatable bonds is 5. The van der Waals surface area contributed by atoms with E-state index in [1.54, 1.807) is 0 Å². The predicted molar refractivity (Wildman–Crippen MR) is 87.5 cm³/mol. The minimum absolute atomic E-state index is 0.308. The zero-order valence-corrected chi connectivity index (χ0v) is 13.7. The molecule has 138 valence electrons. The molecule has 1 unspecified atom stereocenters. The van der Waals surface area contributed by atoms with Gasteiger partial charge < -0.3 is 15.2 Å². The van der Waals surface area contributed by atoms with Crippen LogP contribution in [0.3, 0.4) is 0 Å². The molecule has 0 spiro atoms. The molecule has 8 heteroatoms. The Morgan fingerprint density at radius 1 is 1.12 bits per heavy atom. The summed E-state index contributed by atoms with van der Waals surface area (Å²) in [6, 6.07) is 13.3. The molecule has 2 aromatic carbocycles. The molecule has 1 amide bonds. The highest BCUT2D eigenvalue weighted by Crippen LogP contribution is 2.26. The van der Waals surface area contributed by atoms with Gasteiger partial charge in [0.05, 0.1) is 6.17 Å². The number of nitrogens with one attached hydrogen (secondary N) is 1. The van der Waals surface area contributed by atoms with E-state index in [0.717, 1.165) is 11.1 Å². The summed E-state index contributed by atoms with van der Waals surface area (Å²) < 4.78 is 40.5. The standard InChI is InChI=1S/C18H17F3N2O3/c19-18(20,21)26-15-7-5-12(6-8-15)9-16(22-17(24)25)23-10-13-3-1-2-4-14(13)11-23/h1-8,16,22H,9-11H2,(H,24,25). The van der Waals surface area contributed by atoms with Gasteiger partial charge in [0.2, 0.25) is 0 Å². The number of benzene rings is 2. The number of hydrogen-bond acceptors (Lipinski definition) is 3. The summed E-state index contributed by atoms with van der Waals surface area (Å²) in [5, 5.41) is 11.6. The Balaban J connectivity index is 1.70. The van der Waals surface area contributed by atoms with Crippen molar-refractivity contribution < 1.29 is 27.8 Å². The van der Waals surface area contributed by atoms with E-state index in [4.69, 9.17) is 5.11 Å². The first-order chi connectivity index (χ1) is 12.3. The van der Waals surface area contributed by atoms with Gasteiger partial charge in [-0.25, -0.2) is 4.79 Å². The molecule has 0 aliphatic carbocycles. The maximum absolute atomic E-state index is 12.2. The van der Waals surface area contributed by atoms with Crippen LogP contribution in [0.5, 0.6) is 5.75 Å². The number of alkyl halides is 3. The molecule has 0 saturated heterocycles. The average Bonchev–Trinajstić information content (AvgIpc) is 2.98. The van der Waals surface area contributed by atoms with Gasteiger partial charge in [0.25, 0.3) is 0 Å². The highest BCUT2D eigenvalue weighted by atomic mass is 19.4. The van der Waals surface area contributed by atoms with Gasteiger partial charge in [-0.2, -0.15) is 0 Å². The van der Waals surface area contributed by atoms with E-state index in [0.29, 0.717) is 25.1 Å². The molecule has 2 aromatic rings.